The van der Waals surface area contributed by atoms with E-state index in [1.54, 1.807) is 24.3 Å². The Labute approximate surface area is 246 Å². The lowest BCUT2D eigenvalue weighted by Crippen LogP contribution is -2.15. The number of hydrogen-bond donors (Lipinski definition) is 4. The molecular weight excluding hydrogens is 587 g/mol. The minimum atomic E-state index is -0.172. The molecule has 0 radical (unpaired) electrons. The second kappa shape index (κ2) is 11.4. The zero-order valence-electron chi connectivity index (χ0n) is 20.6. The Morgan fingerprint density at radius 2 is 1.12 bits per heavy atom. The third kappa shape index (κ3) is 5.90. The first kappa shape index (κ1) is 26.5. The third-order valence-electron chi connectivity index (χ3n) is 5.99. The summed E-state index contributed by atoms with van der Waals surface area (Å²) in [5, 5.41) is 10.1. The zero-order valence-corrected chi connectivity index (χ0v) is 23.8. The fourth-order valence-electron chi connectivity index (χ4n) is 4.22. The van der Waals surface area contributed by atoms with Crippen LogP contribution in [0.25, 0.3) is 32.8 Å². The molecule has 0 saturated carbocycles. The number of thioether (sulfide) groups is 2. The Morgan fingerprint density at radius 3 is 1.57 bits per heavy atom. The smallest absolute Gasteiger partial charge is 0.234 e. The molecule has 2 amide bonds. The first-order chi connectivity index (χ1) is 19.4. The van der Waals surface area contributed by atoms with Crippen LogP contribution in [0.4, 0.5) is 11.4 Å². The van der Waals surface area contributed by atoms with Gasteiger partial charge in [0.05, 0.1) is 33.6 Å². The molecule has 2 heterocycles. The van der Waals surface area contributed by atoms with Crippen LogP contribution in [0.15, 0.2) is 83.1 Å². The molecule has 0 spiro atoms. The minimum absolute atomic E-state index is 0.172. The van der Waals surface area contributed by atoms with E-state index >= 15 is 0 Å². The van der Waals surface area contributed by atoms with Gasteiger partial charge in [-0.05, 0) is 48.5 Å². The van der Waals surface area contributed by atoms with Crippen molar-refractivity contribution < 1.29 is 9.59 Å². The zero-order chi connectivity index (χ0) is 27.6. The number of imidazole rings is 2. The van der Waals surface area contributed by atoms with Crippen LogP contribution in [-0.2, 0) is 9.59 Å². The number of anilines is 2. The quantitative estimate of drug-likeness (QED) is 0.134. The molecular formula is C28H20Cl2N6O2S2. The van der Waals surface area contributed by atoms with Gasteiger partial charge in [0.15, 0.2) is 10.3 Å². The first-order valence-electron chi connectivity index (χ1n) is 12.1. The summed E-state index contributed by atoms with van der Waals surface area (Å²) in [7, 11) is 0. The maximum atomic E-state index is 12.8. The van der Waals surface area contributed by atoms with Crippen LogP contribution in [0.1, 0.15) is 0 Å². The highest BCUT2D eigenvalue weighted by Gasteiger charge is 2.13. The van der Waals surface area contributed by atoms with E-state index in [1.165, 1.54) is 23.5 Å². The number of carbonyl (C=O) groups is 2. The summed E-state index contributed by atoms with van der Waals surface area (Å²) >= 11 is 14.7. The van der Waals surface area contributed by atoms with Gasteiger partial charge >= 0.3 is 0 Å². The Kier molecular flexibility index (Phi) is 7.57. The predicted octanol–water partition coefficient (Wildman–Crippen LogP) is 7.36. The Bertz CT molecular complexity index is 1770. The molecule has 0 atom stereocenters. The van der Waals surface area contributed by atoms with Crippen molar-refractivity contribution in [1.29, 1.82) is 0 Å². The van der Waals surface area contributed by atoms with E-state index < -0.39 is 0 Å². The second-order valence-electron chi connectivity index (χ2n) is 8.79. The molecule has 6 rings (SSSR count). The highest BCUT2D eigenvalue weighted by molar-refractivity contribution is 8.00. The van der Waals surface area contributed by atoms with Gasteiger partial charge in [-0.3, -0.25) is 9.59 Å². The van der Waals surface area contributed by atoms with E-state index in [9.17, 15) is 9.59 Å². The van der Waals surface area contributed by atoms with Crippen molar-refractivity contribution in [1.82, 2.24) is 19.9 Å². The van der Waals surface area contributed by atoms with Crippen LogP contribution in [0.2, 0.25) is 10.0 Å². The molecule has 0 aliphatic carbocycles. The normalized spacial score (nSPS) is 11.3. The van der Waals surface area contributed by atoms with E-state index in [-0.39, 0.29) is 23.3 Å². The number of amides is 2. The number of halogens is 2. The molecule has 40 heavy (non-hydrogen) atoms. The number of benzene rings is 4. The molecule has 0 fully saturated rings. The summed E-state index contributed by atoms with van der Waals surface area (Å²) in [5.74, 6) is -0.000120. The molecule has 12 heteroatoms. The van der Waals surface area contributed by atoms with Crippen molar-refractivity contribution in [3.63, 3.8) is 0 Å². The summed E-state index contributed by atoms with van der Waals surface area (Å²) in [6, 6.07) is 22.0. The number of H-pyrrole nitrogens is 2. The monoisotopic (exact) mass is 606 g/mol. The van der Waals surface area contributed by atoms with Crippen LogP contribution in [0.3, 0.4) is 0 Å². The van der Waals surface area contributed by atoms with E-state index in [0.29, 0.717) is 31.7 Å². The summed E-state index contributed by atoms with van der Waals surface area (Å²) in [5.41, 5.74) is 4.53. The van der Waals surface area contributed by atoms with Gasteiger partial charge in [-0.2, -0.15) is 0 Å². The fraction of sp³-hybridized carbons (Fsp3) is 0.0714. The molecule has 8 nitrogen and oxygen atoms in total. The SMILES string of the molecule is O=C(CSc1nc2ccc(Cl)cc2[nH]1)Nc1cccc2c(NC(=O)CSc3nc4ccc(Cl)cc4[nH]3)cccc12. The molecule has 0 unspecified atom stereocenters. The fourth-order valence-corrected chi connectivity index (χ4v) is 5.94. The first-order valence-corrected chi connectivity index (χ1v) is 14.8. The lowest BCUT2D eigenvalue weighted by atomic mass is 10.1. The molecule has 2 aromatic heterocycles. The predicted molar refractivity (Wildman–Crippen MR) is 165 cm³/mol. The molecule has 0 aliphatic rings. The summed E-state index contributed by atoms with van der Waals surface area (Å²) in [6.07, 6.45) is 0. The average Bonchev–Trinajstić information content (AvgIpc) is 3.54. The lowest BCUT2D eigenvalue weighted by molar-refractivity contribution is -0.114. The number of rotatable bonds is 8. The molecule has 0 aliphatic heterocycles. The van der Waals surface area contributed by atoms with Crippen molar-refractivity contribution in [3.8, 4) is 0 Å². The van der Waals surface area contributed by atoms with E-state index in [4.69, 9.17) is 23.2 Å². The second-order valence-corrected chi connectivity index (χ2v) is 11.6. The summed E-state index contributed by atoms with van der Waals surface area (Å²) in [4.78, 5) is 40.9. The Balaban J connectivity index is 1.10. The maximum absolute atomic E-state index is 12.8. The van der Waals surface area contributed by atoms with Gasteiger partial charge in [0.2, 0.25) is 11.8 Å². The van der Waals surface area contributed by atoms with Crippen molar-refractivity contribution >= 4 is 103 Å². The van der Waals surface area contributed by atoms with Gasteiger partial charge in [0, 0.05) is 32.2 Å². The van der Waals surface area contributed by atoms with Gasteiger partial charge in [-0.1, -0.05) is 71.0 Å². The van der Waals surface area contributed by atoms with Gasteiger partial charge in [0.1, 0.15) is 0 Å². The van der Waals surface area contributed by atoms with Crippen LogP contribution >= 0.6 is 46.7 Å². The number of nitrogens with zero attached hydrogens (tertiary/aromatic N) is 2. The Morgan fingerprint density at radius 1 is 0.675 bits per heavy atom. The topological polar surface area (TPSA) is 116 Å². The van der Waals surface area contributed by atoms with Crippen LogP contribution < -0.4 is 10.6 Å². The highest BCUT2D eigenvalue weighted by Crippen LogP contribution is 2.30. The van der Waals surface area contributed by atoms with Crippen molar-refractivity contribution in [2.45, 2.75) is 10.3 Å². The number of fused-ring (bicyclic) bond motifs is 3. The number of aromatic amines is 2. The van der Waals surface area contributed by atoms with Gasteiger partial charge in [0.25, 0.3) is 0 Å². The molecule has 200 valence electrons. The molecule has 4 aromatic carbocycles. The van der Waals surface area contributed by atoms with E-state index in [1.807, 2.05) is 48.5 Å². The van der Waals surface area contributed by atoms with Crippen LogP contribution in [0.5, 0.6) is 0 Å². The summed E-state index contributed by atoms with van der Waals surface area (Å²) < 4.78 is 0. The highest BCUT2D eigenvalue weighted by atomic mass is 35.5. The van der Waals surface area contributed by atoms with E-state index in [2.05, 4.69) is 30.6 Å². The summed E-state index contributed by atoms with van der Waals surface area (Å²) in [6.45, 7) is 0. The van der Waals surface area contributed by atoms with Gasteiger partial charge in [-0.15, -0.1) is 0 Å². The van der Waals surface area contributed by atoms with Crippen molar-refractivity contribution in [2.75, 3.05) is 22.1 Å². The maximum Gasteiger partial charge on any atom is 0.234 e. The number of carbonyl (C=O) groups excluding carboxylic acids is 2. The number of aromatic nitrogens is 4. The standard InChI is InChI=1S/C28H20Cl2N6O2S2/c29-15-7-9-21-23(11-15)35-27(33-21)39-13-25(37)31-19-5-1-3-17-18(19)4-2-6-20(17)32-26(38)14-40-28-34-22-10-8-16(30)12-24(22)36-28/h1-12H,13-14H2,(H,31,37)(H,32,38)(H,33,35)(H,34,36). The molecule has 4 N–H and O–H groups in total. The largest absolute Gasteiger partial charge is 0.333 e. The van der Waals surface area contributed by atoms with Crippen LogP contribution in [0, 0.1) is 0 Å². The Hall–Kier alpha value is -3.70. The van der Waals surface area contributed by atoms with Crippen molar-refractivity contribution in [2.24, 2.45) is 0 Å². The van der Waals surface area contributed by atoms with E-state index in [0.717, 1.165) is 32.8 Å². The average molecular weight is 608 g/mol. The lowest BCUT2D eigenvalue weighted by Gasteiger charge is -2.12. The number of hydrogen-bond acceptors (Lipinski definition) is 6. The molecule has 0 saturated heterocycles. The minimum Gasteiger partial charge on any atom is -0.333 e. The molecule has 6 aromatic rings. The number of nitrogens with one attached hydrogen (secondary N) is 4. The van der Waals surface area contributed by atoms with Gasteiger partial charge < -0.3 is 20.6 Å². The van der Waals surface area contributed by atoms with Crippen LogP contribution in [-0.4, -0.2) is 43.3 Å². The van der Waals surface area contributed by atoms with Gasteiger partial charge in [-0.25, -0.2) is 9.97 Å². The molecule has 0 bridgehead atoms. The van der Waals surface area contributed by atoms with Crippen molar-refractivity contribution in [3.05, 3.63) is 82.8 Å². The third-order valence-corrected chi connectivity index (χ3v) is 8.21.